The molecule has 2 aromatic rings. The van der Waals surface area contributed by atoms with E-state index in [-0.39, 0.29) is 12.3 Å². The minimum Gasteiger partial charge on any atom is -0.493 e. The lowest BCUT2D eigenvalue weighted by molar-refractivity contribution is -0.120. The van der Waals surface area contributed by atoms with Crippen molar-refractivity contribution in [3.63, 3.8) is 0 Å². The van der Waals surface area contributed by atoms with Gasteiger partial charge in [-0.2, -0.15) is 0 Å². The van der Waals surface area contributed by atoms with Crippen LogP contribution in [0, 0.1) is 0 Å². The molecule has 0 aliphatic heterocycles. The number of amides is 1. The van der Waals surface area contributed by atoms with E-state index in [4.69, 9.17) is 32.7 Å². The zero-order valence-corrected chi connectivity index (χ0v) is 17.0. The maximum Gasteiger partial charge on any atom is 0.224 e. The molecule has 0 fully saturated rings. The molecule has 0 aliphatic carbocycles. The number of methoxy groups -OCH3 is 2. The van der Waals surface area contributed by atoms with Gasteiger partial charge in [0.1, 0.15) is 0 Å². The SMILES string of the molecule is COc1cc(Br)c(CCNC(=O)Cc2ccc(Cl)cc2Cl)cc1OC. The van der Waals surface area contributed by atoms with E-state index in [0.29, 0.717) is 34.5 Å². The first kappa shape index (κ1) is 19.9. The van der Waals surface area contributed by atoms with E-state index in [0.717, 1.165) is 15.6 Å². The van der Waals surface area contributed by atoms with Gasteiger partial charge in [-0.05, 0) is 41.8 Å². The Morgan fingerprint density at radius 3 is 2.40 bits per heavy atom. The van der Waals surface area contributed by atoms with Gasteiger partial charge in [-0.3, -0.25) is 4.79 Å². The number of ether oxygens (including phenoxy) is 2. The Kier molecular flexibility index (Phi) is 7.41. The van der Waals surface area contributed by atoms with Crippen LogP contribution in [0.2, 0.25) is 10.0 Å². The molecule has 0 heterocycles. The second-order valence-corrected chi connectivity index (χ2v) is 7.01. The molecule has 7 heteroatoms. The third-order valence-electron chi connectivity index (χ3n) is 3.64. The summed E-state index contributed by atoms with van der Waals surface area (Å²) in [5.41, 5.74) is 1.76. The van der Waals surface area contributed by atoms with Crippen molar-refractivity contribution in [3.05, 3.63) is 56.0 Å². The molecule has 0 aromatic heterocycles. The fourth-order valence-electron chi connectivity index (χ4n) is 2.32. The molecular formula is C18H18BrCl2NO3. The molecule has 2 rings (SSSR count). The highest BCUT2D eigenvalue weighted by molar-refractivity contribution is 9.10. The largest absolute Gasteiger partial charge is 0.493 e. The van der Waals surface area contributed by atoms with Crippen molar-refractivity contribution in [1.29, 1.82) is 0 Å². The number of benzene rings is 2. The van der Waals surface area contributed by atoms with E-state index in [9.17, 15) is 4.79 Å². The average molecular weight is 447 g/mol. The second kappa shape index (κ2) is 9.32. The minimum atomic E-state index is -0.0965. The lowest BCUT2D eigenvalue weighted by Crippen LogP contribution is -2.27. The average Bonchev–Trinajstić information content (AvgIpc) is 2.58. The summed E-state index contributed by atoms with van der Waals surface area (Å²) < 4.78 is 11.5. The van der Waals surface area contributed by atoms with E-state index in [1.165, 1.54) is 0 Å². The molecule has 4 nitrogen and oxygen atoms in total. The number of hydrogen-bond acceptors (Lipinski definition) is 3. The summed E-state index contributed by atoms with van der Waals surface area (Å²) in [6.07, 6.45) is 0.865. The van der Waals surface area contributed by atoms with Gasteiger partial charge in [0.2, 0.25) is 5.91 Å². The Balaban J connectivity index is 1.93. The van der Waals surface area contributed by atoms with E-state index >= 15 is 0 Å². The summed E-state index contributed by atoms with van der Waals surface area (Å²) >= 11 is 15.5. The third-order valence-corrected chi connectivity index (χ3v) is 4.96. The molecule has 0 spiro atoms. The van der Waals surface area contributed by atoms with Crippen LogP contribution in [0.15, 0.2) is 34.8 Å². The molecule has 134 valence electrons. The predicted molar refractivity (Wildman–Crippen MR) is 104 cm³/mol. The number of hydrogen-bond donors (Lipinski definition) is 1. The highest BCUT2D eigenvalue weighted by atomic mass is 79.9. The van der Waals surface area contributed by atoms with Gasteiger partial charge in [0, 0.05) is 21.1 Å². The van der Waals surface area contributed by atoms with Crippen LogP contribution in [0.3, 0.4) is 0 Å². The van der Waals surface area contributed by atoms with Gasteiger partial charge in [-0.15, -0.1) is 0 Å². The first-order valence-electron chi connectivity index (χ1n) is 7.55. The number of rotatable bonds is 7. The summed E-state index contributed by atoms with van der Waals surface area (Å²) in [5, 5.41) is 3.93. The Labute approximate surface area is 165 Å². The summed E-state index contributed by atoms with van der Waals surface area (Å²) in [6, 6.07) is 8.85. The maximum absolute atomic E-state index is 12.1. The van der Waals surface area contributed by atoms with Crippen LogP contribution in [-0.4, -0.2) is 26.7 Å². The zero-order valence-electron chi connectivity index (χ0n) is 13.9. The number of carbonyl (C=O) groups is 1. The molecular weight excluding hydrogens is 429 g/mol. The van der Waals surface area contributed by atoms with Crippen molar-refractivity contribution < 1.29 is 14.3 Å². The lowest BCUT2D eigenvalue weighted by Gasteiger charge is -2.12. The predicted octanol–water partition coefficient (Wildman–Crippen LogP) is 4.67. The van der Waals surface area contributed by atoms with Crippen LogP contribution in [0.5, 0.6) is 11.5 Å². The van der Waals surface area contributed by atoms with Gasteiger partial charge in [-0.25, -0.2) is 0 Å². The topological polar surface area (TPSA) is 47.6 Å². The number of halogens is 3. The molecule has 0 radical (unpaired) electrons. The highest BCUT2D eigenvalue weighted by Crippen LogP contribution is 2.33. The van der Waals surface area contributed by atoms with E-state index in [1.54, 1.807) is 32.4 Å². The zero-order chi connectivity index (χ0) is 18.4. The molecule has 2 aromatic carbocycles. The molecule has 0 bridgehead atoms. The summed E-state index contributed by atoms with van der Waals surface area (Å²) in [4.78, 5) is 12.1. The molecule has 1 amide bonds. The summed E-state index contributed by atoms with van der Waals surface area (Å²) in [5.74, 6) is 1.21. The van der Waals surface area contributed by atoms with Crippen molar-refractivity contribution in [3.8, 4) is 11.5 Å². The molecule has 1 N–H and O–H groups in total. The second-order valence-electron chi connectivity index (χ2n) is 5.31. The first-order chi connectivity index (χ1) is 11.9. The van der Waals surface area contributed by atoms with Crippen LogP contribution in [0.4, 0.5) is 0 Å². The normalized spacial score (nSPS) is 10.4. The van der Waals surface area contributed by atoms with Crippen molar-refractivity contribution >= 4 is 45.0 Å². The molecule has 0 saturated heterocycles. The van der Waals surface area contributed by atoms with Crippen LogP contribution < -0.4 is 14.8 Å². The van der Waals surface area contributed by atoms with Crippen molar-refractivity contribution in [2.45, 2.75) is 12.8 Å². The molecule has 25 heavy (non-hydrogen) atoms. The quantitative estimate of drug-likeness (QED) is 0.671. The summed E-state index contributed by atoms with van der Waals surface area (Å²) in [7, 11) is 3.18. The Bertz CT molecular complexity index is 768. The van der Waals surface area contributed by atoms with Gasteiger partial charge >= 0.3 is 0 Å². The summed E-state index contributed by atoms with van der Waals surface area (Å²) in [6.45, 7) is 0.498. The standard InChI is InChI=1S/C18H18BrCl2NO3/c1-24-16-7-11(14(19)10-17(16)25-2)5-6-22-18(23)8-12-3-4-13(20)9-15(12)21/h3-4,7,9-10H,5-6,8H2,1-2H3,(H,22,23). The fourth-order valence-corrected chi connectivity index (χ4v) is 3.32. The van der Waals surface area contributed by atoms with E-state index < -0.39 is 0 Å². The van der Waals surface area contributed by atoms with Gasteiger partial charge in [0.15, 0.2) is 11.5 Å². The molecule has 0 saturated carbocycles. The number of nitrogens with one attached hydrogen (secondary N) is 1. The first-order valence-corrected chi connectivity index (χ1v) is 9.10. The van der Waals surface area contributed by atoms with Gasteiger partial charge in [-0.1, -0.05) is 45.2 Å². The van der Waals surface area contributed by atoms with Crippen LogP contribution in [0.1, 0.15) is 11.1 Å². The minimum absolute atomic E-state index is 0.0965. The molecule has 0 atom stereocenters. The molecule has 0 aliphatic rings. The monoisotopic (exact) mass is 445 g/mol. The maximum atomic E-state index is 12.1. The van der Waals surface area contributed by atoms with Crippen molar-refractivity contribution in [1.82, 2.24) is 5.32 Å². The number of carbonyl (C=O) groups excluding carboxylic acids is 1. The molecule has 0 unspecified atom stereocenters. The Morgan fingerprint density at radius 1 is 1.08 bits per heavy atom. The highest BCUT2D eigenvalue weighted by Gasteiger charge is 2.11. The van der Waals surface area contributed by atoms with Gasteiger partial charge in [0.25, 0.3) is 0 Å². The van der Waals surface area contributed by atoms with Crippen molar-refractivity contribution in [2.75, 3.05) is 20.8 Å². The van der Waals surface area contributed by atoms with Crippen LogP contribution in [0.25, 0.3) is 0 Å². The fraction of sp³-hybridized carbons (Fsp3) is 0.278. The Hall–Kier alpha value is -1.43. The van der Waals surface area contributed by atoms with E-state index in [1.807, 2.05) is 12.1 Å². The van der Waals surface area contributed by atoms with Gasteiger partial charge < -0.3 is 14.8 Å². The van der Waals surface area contributed by atoms with Crippen LogP contribution in [-0.2, 0) is 17.6 Å². The third kappa shape index (κ3) is 5.53. The van der Waals surface area contributed by atoms with Crippen LogP contribution >= 0.6 is 39.1 Å². The van der Waals surface area contributed by atoms with Gasteiger partial charge in [0.05, 0.1) is 20.6 Å². The van der Waals surface area contributed by atoms with Crippen molar-refractivity contribution in [2.24, 2.45) is 0 Å². The lowest BCUT2D eigenvalue weighted by atomic mass is 10.1. The Morgan fingerprint density at radius 2 is 1.76 bits per heavy atom. The smallest absolute Gasteiger partial charge is 0.224 e. The van der Waals surface area contributed by atoms with E-state index in [2.05, 4.69) is 21.2 Å².